The number of nitrogens with two attached hydrogens (primary N) is 2. The fourth-order valence-corrected chi connectivity index (χ4v) is 1.61. The topological polar surface area (TPSA) is 64.1 Å². The number of nitrogen functional groups attached to an aromatic ring is 2. The number of benzene rings is 1. The van der Waals surface area contributed by atoms with Crippen LogP contribution in [0, 0.1) is 0 Å². The van der Waals surface area contributed by atoms with Gasteiger partial charge in [0.1, 0.15) is 0 Å². The lowest BCUT2D eigenvalue weighted by molar-refractivity contribution is 0.645. The first-order chi connectivity index (χ1) is 5.79. The minimum atomic E-state index is 0.692. The first-order valence-corrected chi connectivity index (χ1v) is 4.15. The molecule has 3 heteroatoms. The van der Waals surface area contributed by atoms with Gasteiger partial charge in [-0.25, -0.2) is 0 Å². The molecule has 0 bridgehead atoms. The van der Waals surface area contributed by atoms with Gasteiger partial charge in [-0.2, -0.15) is 0 Å². The van der Waals surface area contributed by atoms with Crippen molar-refractivity contribution in [3.8, 4) is 0 Å². The maximum absolute atomic E-state index is 5.84. The molecule has 0 aliphatic carbocycles. The third-order valence-corrected chi connectivity index (χ3v) is 2.36. The number of fused-ring (bicyclic) bond motifs is 1. The van der Waals surface area contributed by atoms with Crippen molar-refractivity contribution in [2.24, 2.45) is 0 Å². The quantitative estimate of drug-likeness (QED) is 0.488. The van der Waals surface area contributed by atoms with E-state index in [1.807, 2.05) is 6.07 Å². The number of anilines is 2. The van der Waals surface area contributed by atoms with Gasteiger partial charge in [-0.3, -0.25) is 0 Å². The highest BCUT2D eigenvalue weighted by Crippen LogP contribution is 2.25. The summed E-state index contributed by atoms with van der Waals surface area (Å²) in [5.41, 5.74) is 15.5. The fourth-order valence-electron chi connectivity index (χ4n) is 1.61. The van der Waals surface area contributed by atoms with Crippen LogP contribution in [0.2, 0.25) is 0 Å². The number of hydrogen-bond acceptors (Lipinski definition) is 3. The summed E-state index contributed by atoms with van der Waals surface area (Å²) >= 11 is 0. The van der Waals surface area contributed by atoms with E-state index in [9.17, 15) is 0 Å². The lowest BCUT2D eigenvalue weighted by atomic mass is 9.98. The van der Waals surface area contributed by atoms with Gasteiger partial charge in [-0.1, -0.05) is 6.07 Å². The van der Waals surface area contributed by atoms with Crippen LogP contribution in [-0.2, 0) is 13.0 Å². The highest BCUT2D eigenvalue weighted by atomic mass is 14.9. The molecule has 1 aliphatic heterocycles. The second-order valence-corrected chi connectivity index (χ2v) is 3.13. The van der Waals surface area contributed by atoms with Gasteiger partial charge >= 0.3 is 0 Å². The van der Waals surface area contributed by atoms with Crippen molar-refractivity contribution in [1.82, 2.24) is 5.32 Å². The summed E-state index contributed by atoms with van der Waals surface area (Å²) in [6.45, 7) is 1.89. The van der Waals surface area contributed by atoms with E-state index >= 15 is 0 Å². The van der Waals surface area contributed by atoms with Gasteiger partial charge in [0.15, 0.2) is 0 Å². The zero-order valence-electron chi connectivity index (χ0n) is 6.93. The maximum atomic E-state index is 5.84. The third-order valence-electron chi connectivity index (χ3n) is 2.36. The van der Waals surface area contributed by atoms with Crippen LogP contribution in [0.15, 0.2) is 12.1 Å². The molecule has 5 N–H and O–H groups in total. The van der Waals surface area contributed by atoms with Crippen LogP contribution in [0.1, 0.15) is 11.1 Å². The summed E-state index contributed by atoms with van der Waals surface area (Å²) in [7, 11) is 0. The van der Waals surface area contributed by atoms with Crippen molar-refractivity contribution in [2.75, 3.05) is 18.0 Å². The van der Waals surface area contributed by atoms with Crippen molar-refractivity contribution in [3.63, 3.8) is 0 Å². The first-order valence-electron chi connectivity index (χ1n) is 4.15. The maximum Gasteiger partial charge on any atom is 0.0596 e. The molecule has 1 aromatic carbocycles. The minimum absolute atomic E-state index is 0.692. The molecule has 12 heavy (non-hydrogen) atoms. The Bertz CT molecular complexity index is 307. The van der Waals surface area contributed by atoms with Crippen LogP contribution >= 0.6 is 0 Å². The zero-order chi connectivity index (χ0) is 8.55. The van der Waals surface area contributed by atoms with Gasteiger partial charge < -0.3 is 16.8 Å². The molecular formula is C9H13N3. The second-order valence-electron chi connectivity index (χ2n) is 3.13. The van der Waals surface area contributed by atoms with E-state index in [1.165, 1.54) is 11.1 Å². The Morgan fingerprint density at radius 1 is 1.25 bits per heavy atom. The van der Waals surface area contributed by atoms with E-state index < -0.39 is 0 Å². The zero-order valence-corrected chi connectivity index (χ0v) is 6.93. The molecule has 0 radical (unpaired) electrons. The van der Waals surface area contributed by atoms with Gasteiger partial charge in [0.2, 0.25) is 0 Å². The largest absolute Gasteiger partial charge is 0.397 e. The highest BCUT2D eigenvalue weighted by Gasteiger charge is 2.12. The Labute approximate surface area is 71.8 Å². The van der Waals surface area contributed by atoms with Crippen LogP contribution in [0.5, 0.6) is 0 Å². The van der Waals surface area contributed by atoms with E-state index in [0.29, 0.717) is 5.69 Å². The van der Waals surface area contributed by atoms with Gasteiger partial charge in [0.25, 0.3) is 0 Å². The standard InChI is InChI=1S/C9H13N3/c10-8-2-1-6-3-4-12-5-7(6)9(8)11/h1-2,12H,3-5,10-11H2. The summed E-state index contributed by atoms with van der Waals surface area (Å²) in [4.78, 5) is 0. The van der Waals surface area contributed by atoms with Gasteiger partial charge in [0, 0.05) is 6.54 Å². The van der Waals surface area contributed by atoms with Crippen molar-refractivity contribution in [2.45, 2.75) is 13.0 Å². The molecule has 0 unspecified atom stereocenters. The van der Waals surface area contributed by atoms with E-state index in [4.69, 9.17) is 11.5 Å². The second kappa shape index (κ2) is 2.68. The summed E-state index contributed by atoms with van der Waals surface area (Å²) in [5, 5.41) is 3.27. The van der Waals surface area contributed by atoms with E-state index in [-0.39, 0.29) is 0 Å². The molecule has 0 aromatic heterocycles. The number of nitrogens with one attached hydrogen (secondary N) is 1. The molecule has 1 heterocycles. The number of hydrogen-bond donors (Lipinski definition) is 3. The summed E-state index contributed by atoms with van der Waals surface area (Å²) in [6.07, 6.45) is 1.06. The van der Waals surface area contributed by atoms with Gasteiger partial charge in [0.05, 0.1) is 11.4 Å². The molecule has 0 spiro atoms. The molecule has 3 nitrogen and oxygen atoms in total. The van der Waals surface area contributed by atoms with Gasteiger partial charge in [-0.15, -0.1) is 0 Å². The molecule has 0 saturated carbocycles. The predicted octanol–water partition coefficient (Wildman–Crippen LogP) is 0.497. The lowest BCUT2D eigenvalue weighted by Crippen LogP contribution is -2.24. The lowest BCUT2D eigenvalue weighted by Gasteiger charge is -2.19. The van der Waals surface area contributed by atoms with Crippen molar-refractivity contribution < 1.29 is 0 Å². The molecule has 64 valence electrons. The average Bonchev–Trinajstić information content (AvgIpc) is 2.12. The molecule has 0 atom stereocenters. The SMILES string of the molecule is Nc1ccc2c(c1N)CNCC2. The van der Waals surface area contributed by atoms with Crippen LogP contribution < -0.4 is 16.8 Å². The molecule has 1 aromatic rings. The van der Waals surface area contributed by atoms with Crippen LogP contribution in [0.3, 0.4) is 0 Å². The van der Waals surface area contributed by atoms with Crippen molar-refractivity contribution >= 4 is 11.4 Å². The molecule has 0 amide bonds. The summed E-state index contributed by atoms with van der Waals surface area (Å²) < 4.78 is 0. The predicted molar refractivity (Wildman–Crippen MR) is 50.7 cm³/mol. The Hall–Kier alpha value is -1.22. The Morgan fingerprint density at radius 3 is 2.92 bits per heavy atom. The molecular weight excluding hydrogens is 150 g/mol. The Kier molecular flexibility index (Phi) is 1.66. The Morgan fingerprint density at radius 2 is 2.08 bits per heavy atom. The van der Waals surface area contributed by atoms with E-state index in [1.54, 1.807) is 0 Å². The highest BCUT2D eigenvalue weighted by molar-refractivity contribution is 5.69. The Balaban J connectivity index is 2.54. The summed E-state index contributed by atoms with van der Waals surface area (Å²) in [6, 6.07) is 3.96. The smallest absolute Gasteiger partial charge is 0.0596 e. The van der Waals surface area contributed by atoms with Crippen molar-refractivity contribution in [3.05, 3.63) is 23.3 Å². The van der Waals surface area contributed by atoms with E-state index in [0.717, 1.165) is 25.2 Å². The average molecular weight is 163 g/mol. The normalized spacial score (nSPS) is 15.7. The van der Waals surface area contributed by atoms with Crippen molar-refractivity contribution in [1.29, 1.82) is 0 Å². The fraction of sp³-hybridized carbons (Fsp3) is 0.333. The molecule has 2 rings (SSSR count). The van der Waals surface area contributed by atoms with Gasteiger partial charge in [-0.05, 0) is 30.2 Å². The molecule has 0 fully saturated rings. The van der Waals surface area contributed by atoms with Crippen LogP contribution in [-0.4, -0.2) is 6.54 Å². The number of rotatable bonds is 0. The summed E-state index contributed by atoms with van der Waals surface area (Å²) in [5.74, 6) is 0. The monoisotopic (exact) mass is 163 g/mol. The van der Waals surface area contributed by atoms with Crippen LogP contribution in [0.25, 0.3) is 0 Å². The third kappa shape index (κ3) is 1.02. The molecule has 1 aliphatic rings. The minimum Gasteiger partial charge on any atom is -0.397 e. The first kappa shape index (κ1) is 7.43. The molecule has 0 saturated heterocycles. The van der Waals surface area contributed by atoms with E-state index in [2.05, 4.69) is 11.4 Å². The van der Waals surface area contributed by atoms with Crippen LogP contribution in [0.4, 0.5) is 11.4 Å².